The van der Waals surface area contributed by atoms with Gasteiger partial charge in [0.15, 0.2) is 0 Å². The van der Waals surface area contributed by atoms with E-state index in [0.717, 1.165) is 29.6 Å². The van der Waals surface area contributed by atoms with Crippen molar-refractivity contribution in [3.05, 3.63) is 0 Å². The molecule has 4 saturated carbocycles. The summed E-state index contributed by atoms with van der Waals surface area (Å²) in [6, 6.07) is 0. The van der Waals surface area contributed by atoms with Gasteiger partial charge in [0.2, 0.25) is 0 Å². The zero-order valence-electron chi connectivity index (χ0n) is 20.3. The zero-order chi connectivity index (χ0) is 20.3. The average molecular weight is 401 g/mol. The van der Waals surface area contributed by atoms with Crippen molar-refractivity contribution in [2.24, 2.45) is 40.4 Å². The molecule has 0 N–H and O–H groups in total. The second-order valence-corrected chi connectivity index (χ2v) is 12.7. The van der Waals surface area contributed by atoms with Crippen molar-refractivity contribution in [2.45, 2.75) is 143 Å². The molecule has 4 aliphatic rings. The maximum Gasteiger partial charge on any atom is -0.0241 e. The molecule has 0 aromatic carbocycles. The van der Waals surface area contributed by atoms with Gasteiger partial charge in [-0.05, 0) is 105 Å². The van der Waals surface area contributed by atoms with Crippen LogP contribution in [0.3, 0.4) is 0 Å². The largest absolute Gasteiger partial charge is 0.0594 e. The first-order valence-corrected chi connectivity index (χ1v) is 14.0. The van der Waals surface area contributed by atoms with Crippen LogP contribution in [-0.4, -0.2) is 0 Å². The number of hydrogen-bond donors (Lipinski definition) is 0. The Labute approximate surface area is 183 Å². The molecule has 4 aliphatic carbocycles. The van der Waals surface area contributed by atoms with Crippen LogP contribution in [0.25, 0.3) is 0 Å². The van der Waals surface area contributed by atoms with E-state index in [0.29, 0.717) is 10.8 Å². The third-order valence-electron chi connectivity index (χ3n) is 11.3. The fourth-order valence-corrected chi connectivity index (χ4v) is 9.09. The van der Waals surface area contributed by atoms with E-state index in [2.05, 4.69) is 20.8 Å². The molecule has 0 nitrogen and oxygen atoms in total. The van der Waals surface area contributed by atoms with Gasteiger partial charge in [-0.2, -0.15) is 0 Å². The van der Waals surface area contributed by atoms with Crippen LogP contribution in [0.4, 0.5) is 0 Å². The predicted octanol–water partition coefficient (Wildman–Crippen LogP) is 9.57. The topological polar surface area (TPSA) is 0 Å². The number of hydrogen-bond acceptors (Lipinski definition) is 0. The SMILES string of the molecule is CC(C)(C1CCCCC1)C1CCC(C(C)(C2CCCCC2)C2CCCCC2)CC1. The summed E-state index contributed by atoms with van der Waals surface area (Å²) in [7, 11) is 0. The van der Waals surface area contributed by atoms with Gasteiger partial charge in [-0.25, -0.2) is 0 Å². The lowest BCUT2D eigenvalue weighted by Gasteiger charge is -2.55. The fourth-order valence-electron chi connectivity index (χ4n) is 9.09. The zero-order valence-corrected chi connectivity index (χ0v) is 20.3. The molecular weight excluding hydrogens is 348 g/mol. The van der Waals surface area contributed by atoms with Crippen LogP contribution < -0.4 is 0 Å². The van der Waals surface area contributed by atoms with Crippen LogP contribution in [0.1, 0.15) is 143 Å². The van der Waals surface area contributed by atoms with Gasteiger partial charge < -0.3 is 0 Å². The standard InChI is InChI=1S/C29H52/c1-28(2,23-13-7-4-8-14-23)24-19-21-27(22-20-24)29(3,25-15-9-5-10-16-25)26-17-11-6-12-18-26/h23-27H,4-22H2,1-3H3. The molecule has 0 heterocycles. The van der Waals surface area contributed by atoms with Gasteiger partial charge in [-0.1, -0.05) is 78.6 Å². The maximum atomic E-state index is 2.82. The van der Waals surface area contributed by atoms with Gasteiger partial charge in [0.25, 0.3) is 0 Å². The van der Waals surface area contributed by atoms with Crippen LogP contribution in [0.5, 0.6) is 0 Å². The monoisotopic (exact) mass is 400 g/mol. The average Bonchev–Trinajstić information content (AvgIpc) is 2.80. The summed E-state index contributed by atoms with van der Waals surface area (Å²) in [5.74, 6) is 5.15. The number of rotatable bonds is 5. The minimum atomic E-state index is 0.595. The molecule has 0 aliphatic heterocycles. The Morgan fingerprint density at radius 3 is 1.03 bits per heavy atom. The molecule has 0 saturated heterocycles. The van der Waals surface area contributed by atoms with Gasteiger partial charge in [-0.15, -0.1) is 0 Å². The molecule has 0 aromatic heterocycles. The van der Waals surface area contributed by atoms with Crippen molar-refractivity contribution >= 4 is 0 Å². The summed E-state index contributed by atoms with van der Waals surface area (Å²) >= 11 is 0. The van der Waals surface area contributed by atoms with Gasteiger partial charge in [0.1, 0.15) is 0 Å². The predicted molar refractivity (Wildman–Crippen MR) is 127 cm³/mol. The third kappa shape index (κ3) is 4.62. The maximum absolute atomic E-state index is 2.82. The molecule has 4 rings (SSSR count). The summed E-state index contributed by atoms with van der Waals surface area (Å²) in [6.45, 7) is 8.14. The summed E-state index contributed by atoms with van der Waals surface area (Å²) in [6.07, 6.45) is 29.1. The van der Waals surface area contributed by atoms with Crippen LogP contribution in [0, 0.1) is 40.4 Å². The minimum absolute atomic E-state index is 0.595. The van der Waals surface area contributed by atoms with E-state index in [1.165, 1.54) is 70.6 Å². The molecule has 0 heteroatoms. The second-order valence-electron chi connectivity index (χ2n) is 12.7. The summed E-state index contributed by atoms with van der Waals surface area (Å²) < 4.78 is 0. The first kappa shape index (κ1) is 22.2. The van der Waals surface area contributed by atoms with Gasteiger partial charge in [0.05, 0.1) is 0 Å². The molecular formula is C29H52. The quantitative estimate of drug-likeness (QED) is 0.431. The molecule has 0 amide bonds. The molecule has 0 unspecified atom stereocenters. The fraction of sp³-hybridized carbons (Fsp3) is 1.00. The Hall–Kier alpha value is 0. The van der Waals surface area contributed by atoms with Crippen LogP contribution in [-0.2, 0) is 0 Å². The summed E-state index contributed by atoms with van der Waals surface area (Å²) in [4.78, 5) is 0. The van der Waals surface area contributed by atoms with Gasteiger partial charge in [0, 0.05) is 0 Å². The van der Waals surface area contributed by atoms with Crippen LogP contribution in [0.2, 0.25) is 0 Å². The van der Waals surface area contributed by atoms with Crippen molar-refractivity contribution in [2.75, 3.05) is 0 Å². The highest BCUT2D eigenvalue weighted by atomic mass is 14.5. The van der Waals surface area contributed by atoms with E-state index in [1.54, 1.807) is 51.4 Å². The first-order chi connectivity index (χ1) is 14.0. The van der Waals surface area contributed by atoms with Crippen LogP contribution >= 0.6 is 0 Å². The highest BCUT2D eigenvalue weighted by Gasteiger charge is 2.49. The Morgan fingerprint density at radius 2 is 0.621 bits per heavy atom. The highest BCUT2D eigenvalue weighted by molar-refractivity contribution is 4.99. The van der Waals surface area contributed by atoms with Gasteiger partial charge >= 0.3 is 0 Å². The van der Waals surface area contributed by atoms with Crippen LogP contribution in [0.15, 0.2) is 0 Å². The van der Waals surface area contributed by atoms with Crippen molar-refractivity contribution < 1.29 is 0 Å². The van der Waals surface area contributed by atoms with E-state index in [9.17, 15) is 0 Å². The Morgan fingerprint density at radius 1 is 0.345 bits per heavy atom. The van der Waals surface area contributed by atoms with Crippen molar-refractivity contribution in [1.29, 1.82) is 0 Å². The Kier molecular flexibility index (Phi) is 7.39. The van der Waals surface area contributed by atoms with Crippen molar-refractivity contribution in [3.63, 3.8) is 0 Å². The molecule has 0 radical (unpaired) electrons. The van der Waals surface area contributed by atoms with E-state index in [-0.39, 0.29) is 0 Å². The lowest BCUT2D eigenvalue weighted by atomic mass is 9.50. The van der Waals surface area contributed by atoms with E-state index < -0.39 is 0 Å². The second kappa shape index (κ2) is 9.65. The first-order valence-electron chi connectivity index (χ1n) is 14.0. The summed E-state index contributed by atoms with van der Waals surface area (Å²) in [5.41, 5.74) is 1.26. The Balaban J connectivity index is 1.44. The molecule has 0 atom stereocenters. The molecule has 0 spiro atoms. The normalized spacial score (nSPS) is 32.4. The van der Waals surface area contributed by atoms with Crippen molar-refractivity contribution in [3.8, 4) is 0 Å². The van der Waals surface area contributed by atoms with E-state index >= 15 is 0 Å². The molecule has 29 heavy (non-hydrogen) atoms. The molecule has 4 fully saturated rings. The Bertz CT molecular complexity index is 458. The lowest BCUT2D eigenvalue weighted by Crippen LogP contribution is -2.46. The lowest BCUT2D eigenvalue weighted by molar-refractivity contribution is -0.0516. The summed E-state index contributed by atoms with van der Waals surface area (Å²) in [5, 5.41) is 0. The van der Waals surface area contributed by atoms with E-state index in [4.69, 9.17) is 0 Å². The highest BCUT2D eigenvalue weighted by Crippen LogP contribution is 2.58. The molecule has 0 aromatic rings. The molecule has 0 bridgehead atoms. The van der Waals surface area contributed by atoms with E-state index in [1.807, 2.05) is 0 Å². The molecule has 168 valence electrons. The van der Waals surface area contributed by atoms with Gasteiger partial charge in [-0.3, -0.25) is 0 Å². The minimum Gasteiger partial charge on any atom is -0.0594 e. The third-order valence-corrected chi connectivity index (χ3v) is 11.3. The van der Waals surface area contributed by atoms with Crippen molar-refractivity contribution in [1.82, 2.24) is 0 Å². The smallest absolute Gasteiger partial charge is 0.0241 e.